The van der Waals surface area contributed by atoms with E-state index in [-0.39, 0.29) is 5.97 Å². The quantitative estimate of drug-likeness (QED) is 0.763. The number of rotatable bonds is 3. The Morgan fingerprint density at radius 2 is 1.67 bits per heavy atom. The molecule has 0 aromatic heterocycles. The summed E-state index contributed by atoms with van der Waals surface area (Å²) in [6.07, 6.45) is 0. The first kappa shape index (κ1) is 18.8. The van der Waals surface area contributed by atoms with Crippen molar-refractivity contribution in [2.75, 3.05) is 25.2 Å². The fraction of sp³-hybridized carbons (Fsp3) is 0.333. The SMILES string of the molecule is COC(=O)c1ccc2c(c1)OCCN2c1ccc(C(=O)OC(C)(C)C)cc1. The van der Waals surface area contributed by atoms with Gasteiger partial charge in [-0.1, -0.05) is 0 Å². The topological polar surface area (TPSA) is 65.1 Å². The first-order chi connectivity index (χ1) is 12.8. The maximum atomic E-state index is 12.2. The van der Waals surface area contributed by atoms with Gasteiger partial charge in [0.05, 0.1) is 30.5 Å². The molecule has 0 atom stereocenters. The van der Waals surface area contributed by atoms with Gasteiger partial charge in [0.25, 0.3) is 0 Å². The van der Waals surface area contributed by atoms with E-state index in [2.05, 4.69) is 4.90 Å². The monoisotopic (exact) mass is 369 g/mol. The van der Waals surface area contributed by atoms with Gasteiger partial charge < -0.3 is 19.1 Å². The molecule has 0 N–H and O–H groups in total. The summed E-state index contributed by atoms with van der Waals surface area (Å²) in [5.41, 5.74) is 2.20. The molecule has 0 unspecified atom stereocenters. The Balaban J connectivity index is 1.84. The summed E-state index contributed by atoms with van der Waals surface area (Å²) >= 11 is 0. The molecule has 0 bridgehead atoms. The number of methoxy groups -OCH3 is 1. The lowest BCUT2D eigenvalue weighted by atomic mass is 10.1. The highest BCUT2D eigenvalue weighted by atomic mass is 16.6. The van der Waals surface area contributed by atoms with Crippen molar-refractivity contribution in [2.45, 2.75) is 26.4 Å². The van der Waals surface area contributed by atoms with E-state index in [1.807, 2.05) is 39.0 Å². The number of benzene rings is 2. The van der Waals surface area contributed by atoms with E-state index >= 15 is 0 Å². The van der Waals surface area contributed by atoms with Crippen molar-refractivity contribution in [1.29, 1.82) is 0 Å². The lowest BCUT2D eigenvalue weighted by molar-refractivity contribution is 0.00693. The van der Waals surface area contributed by atoms with E-state index in [4.69, 9.17) is 14.2 Å². The normalized spacial score (nSPS) is 13.4. The standard InChI is InChI=1S/C21H23NO5/c1-21(2,3)27-20(24)14-5-8-16(9-6-14)22-11-12-26-18-13-15(19(23)25-4)7-10-17(18)22/h5-10,13H,11-12H2,1-4H3. The van der Waals surface area contributed by atoms with Crippen LogP contribution < -0.4 is 9.64 Å². The number of carbonyl (C=O) groups is 2. The third-order valence-electron chi connectivity index (χ3n) is 4.06. The van der Waals surface area contributed by atoms with E-state index in [1.54, 1.807) is 24.3 Å². The number of ether oxygens (including phenoxy) is 3. The van der Waals surface area contributed by atoms with Crippen LogP contribution in [0.4, 0.5) is 11.4 Å². The van der Waals surface area contributed by atoms with E-state index in [9.17, 15) is 9.59 Å². The number of fused-ring (bicyclic) bond motifs is 1. The average molecular weight is 369 g/mol. The van der Waals surface area contributed by atoms with Crippen LogP contribution in [0.3, 0.4) is 0 Å². The van der Waals surface area contributed by atoms with Gasteiger partial charge in [0.1, 0.15) is 18.0 Å². The maximum Gasteiger partial charge on any atom is 0.338 e. The minimum Gasteiger partial charge on any atom is -0.490 e. The number of esters is 2. The summed E-state index contributed by atoms with van der Waals surface area (Å²) in [6, 6.07) is 12.5. The Kier molecular flexibility index (Phi) is 5.08. The molecule has 1 heterocycles. The number of hydrogen-bond acceptors (Lipinski definition) is 6. The molecule has 0 aliphatic carbocycles. The maximum absolute atomic E-state index is 12.2. The Bertz CT molecular complexity index is 852. The highest BCUT2D eigenvalue weighted by Gasteiger charge is 2.22. The smallest absolute Gasteiger partial charge is 0.338 e. The minimum absolute atomic E-state index is 0.348. The fourth-order valence-corrected chi connectivity index (χ4v) is 2.85. The van der Waals surface area contributed by atoms with E-state index in [1.165, 1.54) is 7.11 Å². The van der Waals surface area contributed by atoms with Crippen molar-refractivity contribution in [3.63, 3.8) is 0 Å². The van der Waals surface area contributed by atoms with Crippen molar-refractivity contribution in [1.82, 2.24) is 0 Å². The summed E-state index contributed by atoms with van der Waals surface area (Å²) in [5, 5.41) is 0. The van der Waals surface area contributed by atoms with Crippen LogP contribution in [0, 0.1) is 0 Å². The first-order valence-electron chi connectivity index (χ1n) is 8.74. The van der Waals surface area contributed by atoms with Crippen molar-refractivity contribution in [3.05, 3.63) is 53.6 Å². The Morgan fingerprint density at radius 1 is 1.00 bits per heavy atom. The van der Waals surface area contributed by atoms with Crippen LogP contribution >= 0.6 is 0 Å². The molecular formula is C21H23NO5. The van der Waals surface area contributed by atoms with Crippen molar-refractivity contribution in [2.24, 2.45) is 0 Å². The van der Waals surface area contributed by atoms with Gasteiger partial charge in [-0.05, 0) is 63.2 Å². The molecule has 0 amide bonds. The minimum atomic E-state index is -0.531. The zero-order valence-corrected chi connectivity index (χ0v) is 15.9. The van der Waals surface area contributed by atoms with Crippen molar-refractivity contribution >= 4 is 23.3 Å². The molecule has 3 rings (SSSR count). The van der Waals surface area contributed by atoms with E-state index in [0.717, 1.165) is 11.4 Å². The zero-order chi connectivity index (χ0) is 19.6. The third-order valence-corrected chi connectivity index (χ3v) is 4.06. The molecule has 0 saturated heterocycles. The van der Waals surface area contributed by atoms with Crippen LogP contribution in [0.15, 0.2) is 42.5 Å². The van der Waals surface area contributed by atoms with Gasteiger partial charge in [0.2, 0.25) is 0 Å². The van der Waals surface area contributed by atoms with E-state index < -0.39 is 11.6 Å². The molecule has 2 aromatic carbocycles. The van der Waals surface area contributed by atoms with Gasteiger partial charge in [-0.3, -0.25) is 0 Å². The van der Waals surface area contributed by atoms with Gasteiger partial charge in [-0.15, -0.1) is 0 Å². The Labute approximate surface area is 158 Å². The lowest BCUT2D eigenvalue weighted by Gasteiger charge is -2.31. The molecule has 1 aliphatic heterocycles. The van der Waals surface area contributed by atoms with Crippen LogP contribution in [0.25, 0.3) is 0 Å². The highest BCUT2D eigenvalue weighted by molar-refractivity contribution is 5.92. The molecule has 6 heteroatoms. The number of nitrogens with zero attached hydrogens (tertiary/aromatic N) is 1. The molecular weight excluding hydrogens is 346 g/mol. The lowest BCUT2D eigenvalue weighted by Crippen LogP contribution is -2.29. The molecule has 27 heavy (non-hydrogen) atoms. The van der Waals surface area contributed by atoms with Crippen LogP contribution in [0.2, 0.25) is 0 Å². The van der Waals surface area contributed by atoms with E-state index in [0.29, 0.717) is 30.0 Å². The largest absolute Gasteiger partial charge is 0.490 e. The molecule has 0 spiro atoms. The summed E-state index contributed by atoms with van der Waals surface area (Å²) in [4.78, 5) is 26.0. The van der Waals surface area contributed by atoms with Gasteiger partial charge in [0, 0.05) is 5.69 Å². The molecule has 1 aliphatic rings. The number of anilines is 2. The zero-order valence-electron chi connectivity index (χ0n) is 15.9. The van der Waals surface area contributed by atoms with Crippen molar-refractivity contribution in [3.8, 4) is 5.75 Å². The second-order valence-electron chi connectivity index (χ2n) is 7.22. The van der Waals surface area contributed by atoms with Gasteiger partial charge in [0.15, 0.2) is 0 Å². The van der Waals surface area contributed by atoms with Gasteiger partial charge in [-0.2, -0.15) is 0 Å². The molecule has 0 fully saturated rings. The molecule has 0 radical (unpaired) electrons. The first-order valence-corrected chi connectivity index (χ1v) is 8.74. The van der Waals surface area contributed by atoms with Crippen LogP contribution in [0.1, 0.15) is 41.5 Å². The van der Waals surface area contributed by atoms with Crippen LogP contribution in [0.5, 0.6) is 5.75 Å². The second kappa shape index (κ2) is 7.31. The Hall–Kier alpha value is -3.02. The fourth-order valence-electron chi connectivity index (χ4n) is 2.85. The number of hydrogen-bond donors (Lipinski definition) is 0. The third kappa shape index (κ3) is 4.22. The van der Waals surface area contributed by atoms with Crippen LogP contribution in [-0.2, 0) is 9.47 Å². The predicted molar refractivity (Wildman–Crippen MR) is 102 cm³/mol. The van der Waals surface area contributed by atoms with Gasteiger partial charge in [-0.25, -0.2) is 9.59 Å². The molecule has 6 nitrogen and oxygen atoms in total. The van der Waals surface area contributed by atoms with Crippen molar-refractivity contribution < 1.29 is 23.8 Å². The second-order valence-corrected chi connectivity index (χ2v) is 7.22. The van der Waals surface area contributed by atoms with Crippen LogP contribution in [-0.4, -0.2) is 37.8 Å². The molecule has 0 saturated carbocycles. The molecule has 2 aromatic rings. The van der Waals surface area contributed by atoms with Gasteiger partial charge >= 0.3 is 11.9 Å². The average Bonchev–Trinajstić information content (AvgIpc) is 2.65. The number of carbonyl (C=O) groups excluding carboxylic acids is 2. The highest BCUT2D eigenvalue weighted by Crippen LogP contribution is 2.37. The summed E-state index contributed by atoms with van der Waals surface area (Å²) in [5.74, 6) is -0.125. The predicted octanol–water partition coefficient (Wildman–Crippen LogP) is 3.96. The Morgan fingerprint density at radius 3 is 2.30 bits per heavy atom. The molecule has 142 valence electrons. The summed E-state index contributed by atoms with van der Waals surface area (Å²) in [6.45, 7) is 6.67. The summed E-state index contributed by atoms with van der Waals surface area (Å²) in [7, 11) is 1.35. The summed E-state index contributed by atoms with van der Waals surface area (Å²) < 4.78 is 15.9.